The molecule has 0 radical (unpaired) electrons. The largest absolute Gasteiger partial charge is 0.444 e. The monoisotopic (exact) mass is 438 g/mol. The Morgan fingerprint density at radius 3 is 2.62 bits per heavy atom. The van der Waals surface area contributed by atoms with Crippen LogP contribution in [0.15, 0.2) is 48.5 Å². The summed E-state index contributed by atoms with van der Waals surface area (Å²) in [5, 5.41) is 0. The summed E-state index contributed by atoms with van der Waals surface area (Å²) in [6, 6.07) is 14.7. The van der Waals surface area contributed by atoms with Crippen LogP contribution in [0.1, 0.15) is 39.2 Å². The zero-order chi connectivity index (χ0) is 22.9. The van der Waals surface area contributed by atoms with Crippen molar-refractivity contribution >= 4 is 23.1 Å². The number of likely N-dealkylation sites (N-methyl/N-ethyl adjacent to an activating group) is 1. The molecule has 0 spiro atoms. The number of nitrogens with zero attached hydrogens (tertiary/aromatic N) is 4. The summed E-state index contributed by atoms with van der Waals surface area (Å²) in [4.78, 5) is 21.5. The summed E-state index contributed by atoms with van der Waals surface area (Å²) >= 11 is 0. The molecule has 1 fully saturated rings. The Morgan fingerprint density at radius 1 is 1.19 bits per heavy atom. The van der Waals surface area contributed by atoms with E-state index in [2.05, 4.69) is 15.5 Å². The van der Waals surface area contributed by atoms with E-state index in [0.717, 1.165) is 35.4 Å². The van der Waals surface area contributed by atoms with Gasteiger partial charge in [0.05, 0.1) is 17.6 Å². The summed E-state index contributed by atoms with van der Waals surface area (Å²) in [5.74, 6) is 0.595. The number of hydrogen-bond donors (Lipinski definition) is 0. The third kappa shape index (κ3) is 4.87. The van der Waals surface area contributed by atoms with Crippen molar-refractivity contribution in [1.29, 1.82) is 0 Å². The Morgan fingerprint density at radius 2 is 1.91 bits per heavy atom. The normalized spacial score (nSPS) is 16.9. The number of fused-ring (bicyclic) bond motifs is 1. The lowest BCUT2D eigenvalue weighted by atomic mass is 10.1. The molecule has 7 heteroatoms. The van der Waals surface area contributed by atoms with Gasteiger partial charge in [0.1, 0.15) is 11.4 Å². The number of aromatic nitrogens is 2. The lowest BCUT2D eigenvalue weighted by Gasteiger charge is -2.38. The number of imidazole rings is 1. The number of amides is 1. The molecular weight excluding hydrogens is 407 g/mol. The van der Waals surface area contributed by atoms with Gasteiger partial charge < -0.3 is 19.1 Å². The molecule has 6 nitrogen and oxygen atoms in total. The number of likely N-dealkylation sites (tertiary alicyclic amines) is 1. The van der Waals surface area contributed by atoms with E-state index in [9.17, 15) is 9.18 Å². The predicted octanol–water partition coefficient (Wildman–Crippen LogP) is 5.06. The number of carbonyl (C=O) groups is 1. The molecule has 1 atom stereocenters. The molecule has 0 N–H and O–H groups in total. The first-order valence-electron chi connectivity index (χ1n) is 11.1. The molecule has 2 heterocycles. The fraction of sp³-hybridized carbons (Fsp3) is 0.440. The summed E-state index contributed by atoms with van der Waals surface area (Å²) in [5.41, 5.74) is 2.43. The van der Waals surface area contributed by atoms with Crippen molar-refractivity contribution in [2.75, 3.05) is 25.0 Å². The maximum atomic E-state index is 13.4. The number of ether oxygens (including phenoxy) is 1. The van der Waals surface area contributed by atoms with Gasteiger partial charge in [-0.1, -0.05) is 24.3 Å². The van der Waals surface area contributed by atoms with Crippen molar-refractivity contribution in [2.24, 2.45) is 0 Å². The number of anilines is 1. The SMILES string of the molecule is CN(c1nc2ccccc2n1Cc1ccc(F)cc1)[C@@H]1CCCN(C(=O)OC(C)(C)C)C1. The number of para-hydroxylation sites is 2. The van der Waals surface area contributed by atoms with E-state index < -0.39 is 5.60 Å². The molecule has 0 aliphatic carbocycles. The molecule has 1 amide bonds. The molecule has 1 aliphatic heterocycles. The minimum absolute atomic E-state index is 0.125. The van der Waals surface area contributed by atoms with Gasteiger partial charge in [-0.2, -0.15) is 0 Å². The highest BCUT2D eigenvalue weighted by atomic mass is 19.1. The zero-order valence-electron chi connectivity index (χ0n) is 19.2. The van der Waals surface area contributed by atoms with Crippen molar-refractivity contribution in [1.82, 2.24) is 14.5 Å². The highest BCUT2D eigenvalue weighted by Crippen LogP contribution is 2.27. The van der Waals surface area contributed by atoms with Gasteiger partial charge in [-0.05, 0) is 63.4 Å². The van der Waals surface area contributed by atoms with E-state index in [1.165, 1.54) is 12.1 Å². The van der Waals surface area contributed by atoms with Crippen LogP contribution in [0, 0.1) is 5.82 Å². The van der Waals surface area contributed by atoms with Gasteiger partial charge in [-0.3, -0.25) is 0 Å². The zero-order valence-corrected chi connectivity index (χ0v) is 19.2. The molecular formula is C25H31FN4O2. The summed E-state index contributed by atoms with van der Waals surface area (Å²) < 4.78 is 21.2. The molecule has 0 saturated carbocycles. The molecule has 1 aliphatic rings. The topological polar surface area (TPSA) is 50.6 Å². The highest BCUT2D eigenvalue weighted by Gasteiger charge is 2.31. The molecule has 170 valence electrons. The molecule has 1 aromatic heterocycles. The smallest absolute Gasteiger partial charge is 0.410 e. The van der Waals surface area contributed by atoms with Crippen LogP contribution >= 0.6 is 0 Å². The Bertz CT molecular complexity index is 1090. The van der Waals surface area contributed by atoms with E-state index in [1.54, 1.807) is 17.0 Å². The summed E-state index contributed by atoms with van der Waals surface area (Å²) in [6.07, 6.45) is 1.61. The molecule has 4 rings (SSSR count). The molecule has 0 unspecified atom stereocenters. The lowest BCUT2D eigenvalue weighted by molar-refractivity contribution is 0.0199. The van der Waals surface area contributed by atoms with E-state index in [4.69, 9.17) is 9.72 Å². The fourth-order valence-electron chi connectivity index (χ4n) is 4.19. The molecule has 2 aromatic carbocycles. The third-order valence-electron chi connectivity index (χ3n) is 5.80. The Labute approximate surface area is 188 Å². The number of piperidine rings is 1. The second kappa shape index (κ2) is 8.81. The average molecular weight is 439 g/mol. The fourth-order valence-corrected chi connectivity index (χ4v) is 4.19. The van der Waals surface area contributed by atoms with Crippen LogP contribution in [-0.2, 0) is 11.3 Å². The van der Waals surface area contributed by atoms with Crippen LogP contribution < -0.4 is 4.90 Å². The van der Waals surface area contributed by atoms with Gasteiger partial charge >= 0.3 is 6.09 Å². The number of carbonyl (C=O) groups excluding carboxylic acids is 1. The van der Waals surface area contributed by atoms with Gasteiger partial charge in [0.25, 0.3) is 0 Å². The minimum Gasteiger partial charge on any atom is -0.444 e. The number of rotatable bonds is 4. The van der Waals surface area contributed by atoms with Crippen molar-refractivity contribution < 1.29 is 13.9 Å². The lowest BCUT2D eigenvalue weighted by Crippen LogP contribution is -2.50. The number of hydrogen-bond acceptors (Lipinski definition) is 4. The first kappa shape index (κ1) is 22.1. The predicted molar refractivity (Wildman–Crippen MR) is 124 cm³/mol. The average Bonchev–Trinajstić information content (AvgIpc) is 3.12. The quantitative estimate of drug-likeness (QED) is 0.571. The molecule has 3 aromatic rings. The van der Waals surface area contributed by atoms with E-state index in [-0.39, 0.29) is 18.0 Å². The van der Waals surface area contributed by atoms with Crippen LogP contribution in [0.4, 0.5) is 15.1 Å². The van der Waals surface area contributed by atoms with Crippen LogP contribution in [0.2, 0.25) is 0 Å². The van der Waals surface area contributed by atoms with Crippen molar-refractivity contribution in [3.05, 3.63) is 59.9 Å². The summed E-state index contributed by atoms with van der Waals surface area (Å²) in [6.45, 7) is 7.53. The number of benzene rings is 2. The van der Waals surface area contributed by atoms with Crippen LogP contribution in [-0.4, -0.2) is 52.3 Å². The maximum Gasteiger partial charge on any atom is 0.410 e. The van der Waals surface area contributed by atoms with Crippen molar-refractivity contribution in [3.63, 3.8) is 0 Å². The standard InChI is InChI=1S/C25H31FN4O2/c1-25(2,3)32-24(31)29-15-7-8-20(17-29)28(4)23-27-21-9-5-6-10-22(21)30(23)16-18-11-13-19(26)14-12-18/h5-6,9-14,20H,7-8,15-17H2,1-4H3/t20-/m1/s1. The molecule has 0 bridgehead atoms. The van der Waals surface area contributed by atoms with Crippen molar-refractivity contribution in [2.45, 2.75) is 51.8 Å². The molecule has 32 heavy (non-hydrogen) atoms. The van der Waals surface area contributed by atoms with E-state index >= 15 is 0 Å². The second-order valence-corrected chi connectivity index (χ2v) is 9.45. The Balaban J connectivity index is 1.61. The van der Waals surface area contributed by atoms with Crippen LogP contribution in [0.25, 0.3) is 11.0 Å². The van der Waals surface area contributed by atoms with Gasteiger partial charge in [0.2, 0.25) is 5.95 Å². The Kier molecular flexibility index (Phi) is 6.09. The van der Waals surface area contributed by atoms with Crippen molar-refractivity contribution in [3.8, 4) is 0 Å². The van der Waals surface area contributed by atoms with Crippen LogP contribution in [0.3, 0.4) is 0 Å². The van der Waals surface area contributed by atoms with Gasteiger partial charge in [0, 0.05) is 26.2 Å². The maximum absolute atomic E-state index is 13.4. The molecule has 1 saturated heterocycles. The van der Waals surface area contributed by atoms with E-state index in [0.29, 0.717) is 19.6 Å². The van der Waals surface area contributed by atoms with Gasteiger partial charge in [-0.25, -0.2) is 14.2 Å². The first-order valence-corrected chi connectivity index (χ1v) is 11.1. The van der Waals surface area contributed by atoms with Crippen LogP contribution in [0.5, 0.6) is 0 Å². The third-order valence-corrected chi connectivity index (χ3v) is 5.80. The summed E-state index contributed by atoms with van der Waals surface area (Å²) in [7, 11) is 2.03. The highest BCUT2D eigenvalue weighted by molar-refractivity contribution is 5.79. The first-order chi connectivity index (χ1) is 15.2. The van der Waals surface area contributed by atoms with E-state index in [1.807, 2.05) is 46.0 Å². The second-order valence-electron chi connectivity index (χ2n) is 9.45. The number of halogens is 1. The van der Waals surface area contributed by atoms with Gasteiger partial charge in [-0.15, -0.1) is 0 Å². The Hall–Kier alpha value is -3.09. The minimum atomic E-state index is -0.515. The van der Waals surface area contributed by atoms with Gasteiger partial charge in [0.15, 0.2) is 0 Å².